The van der Waals surface area contributed by atoms with Gasteiger partial charge >= 0.3 is 5.97 Å². The lowest BCUT2D eigenvalue weighted by atomic mass is 10.1. The average molecular weight is 660 g/mol. The number of nitrogens with two attached hydrogens (primary N) is 1. The SMILES string of the molecule is CCCCc1nc2c(N)nc3ccccc3c2n1CCCN(Cc1ccc(OC(C)C(=O)O)cc1)C(=O)CN1CCN(CCOC)CC1. The van der Waals surface area contributed by atoms with E-state index < -0.39 is 12.1 Å². The molecule has 3 heterocycles. The second kappa shape index (κ2) is 16.7. The van der Waals surface area contributed by atoms with Crippen molar-refractivity contribution in [2.45, 2.75) is 58.7 Å². The number of imidazole rings is 1. The van der Waals surface area contributed by atoms with Crippen LogP contribution in [0.15, 0.2) is 48.5 Å². The number of amides is 1. The second-order valence-electron chi connectivity index (χ2n) is 12.5. The highest BCUT2D eigenvalue weighted by Crippen LogP contribution is 2.29. The van der Waals surface area contributed by atoms with Crippen molar-refractivity contribution in [2.24, 2.45) is 0 Å². The average Bonchev–Trinajstić information content (AvgIpc) is 3.46. The van der Waals surface area contributed by atoms with Crippen molar-refractivity contribution in [1.29, 1.82) is 0 Å². The molecule has 1 saturated heterocycles. The summed E-state index contributed by atoms with van der Waals surface area (Å²) in [6, 6.07) is 15.3. The van der Waals surface area contributed by atoms with Gasteiger partial charge in [-0.05, 0) is 43.5 Å². The van der Waals surface area contributed by atoms with Gasteiger partial charge < -0.3 is 29.8 Å². The summed E-state index contributed by atoms with van der Waals surface area (Å²) >= 11 is 0. The van der Waals surface area contributed by atoms with Crippen molar-refractivity contribution in [2.75, 3.05) is 65.3 Å². The maximum atomic E-state index is 13.9. The Kier molecular flexibility index (Phi) is 12.2. The maximum absolute atomic E-state index is 13.9. The molecule has 1 amide bonds. The number of piperazine rings is 1. The van der Waals surface area contributed by atoms with Crippen LogP contribution < -0.4 is 10.5 Å². The van der Waals surface area contributed by atoms with Crippen molar-refractivity contribution in [1.82, 2.24) is 29.2 Å². The van der Waals surface area contributed by atoms with E-state index in [1.807, 2.05) is 35.2 Å². The third-order valence-electron chi connectivity index (χ3n) is 9.00. The highest BCUT2D eigenvalue weighted by molar-refractivity contribution is 6.06. The number of hydrogen-bond acceptors (Lipinski definition) is 9. The highest BCUT2D eigenvalue weighted by Gasteiger charge is 2.23. The van der Waals surface area contributed by atoms with Crippen LogP contribution in [0.5, 0.6) is 5.75 Å². The first kappa shape index (κ1) is 35.1. The number of para-hydroxylation sites is 1. The monoisotopic (exact) mass is 659 g/mol. The number of ether oxygens (including phenoxy) is 2. The van der Waals surface area contributed by atoms with Crippen molar-refractivity contribution >= 4 is 39.6 Å². The second-order valence-corrected chi connectivity index (χ2v) is 12.5. The van der Waals surface area contributed by atoms with Gasteiger partial charge in [-0.2, -0.15) is 0 Å². The predicted molar refractivity (Wildman–Crippen MR) is 187 cm³/mol. The first-order valence-electron chi connectivity index (χ1n) is 17.0. The number of aliphatic carboxylic acids is 1. The summed E-state index contributed by atoms with van der Waals surface area (Å²) in [5.74, 6) is 0.966. The lowest BCUT2D eigenvalue weighted by Crippen LogP contribution is -2.50. The Bertz CT molecular complexity index is 1670. The third kappa shape index (κ3) is 8.80. The molecule has 3 N–H and O–H groups in total. The summed E-state index contributed by atoms with van der Waals surface area (Å²) in [7, 11) is 1.72. The smallest absolute Gasteiger partial charge is 0.344 e. The van der Waals surface area contributed by atoms with Gasteiger partial charge in [0.25, 0.3) is 0 Å². The van der Waals surface area contributed by atoms with E-state index in [0.717, 1.165) is 91.7 Å². The Hall–Kier alpha value is -4.26. The Balaban J connectivity index is 1.33. The third-order valence-corrected chi connectivity index (χ3v) is 9.00. The largest absolute Gasteiger partial charge is 0.479 e. The summed E-state index contributed by atoms with van der Waals surface area (Å²) in [5, 5.41) is 10.2. The molecule has 0 spiro atoms. The van der Waals surface area contributed by atoms with E-state index in [4.69, 9.17) is 20.2 Å². The quantitative estimate of drug-likeness (QED) is 0.171. The lowest BCUT2D eigenvalue weighted by Gasteiger charge is -2.35. The predicted octanol–water partition coefficient (Wildman–Crippen LogP) is 4.04. The Morgan fingerprint density at radius 2 is 1.73 bits per heavy atom. The van der Waals surface area contributed by atoms with E-state index in [1.54, 1.807) is 19.2 Å². The van der Waals surface area contributed by atoms with Crippen molar-refractivity contribution in [3.05, 3.63) is 59.9 Å². The van der Waals surface area contributed by atoms with Crippen LogP contribution >= 0.6 is 0 Å². The van der Waals surface area contributed by atoms with Gasteiger partial charge in [-0.1, -0.05) is 43.7 Å². The molecule has 258 valence electrons. The fourth-order valence-electron chi connectivity index (χ4n) is 6.21. The Labute approximate surface area is 282 Å². The zero-order valence-corrected chi connectivity index (χ0v) is 28.4. The van der Waals surface area contributed by atoms with Gasteiger partial charge in [0.1, 0.15) is 17.1 Å². The standard InChI is InChI=1S/C36H49N7O5/c1-4-5-11-31-39-33-34(29-9-6-7-10-30(29)38-35(33)37)43(31)17-8-16-42(24-27-12-14-28(15-13-27)48-26(2)36(45)46)32(44)25-41-20-18-40(19-21-41)22-23-47-3/h6-7,9-10,12-15,26H,4-5,8,11,16-25H2,1-3H3,(H2,37,38)(H,45,46). The van der Waals surface area contributed by atoms with Crippen LogP contribution in [-0.2, 0) is 33.8 Å². The number of hydrogen-bond donors (Lipinski definition) is 2. The summed E-state index contributed by atoms with van der Waals surface area (Å²) in [6.07, 6.45) is 2.69. The molecule has 1 atom stereocenters. The Morgan fingerprint density at radius 1 is 1.00 bits per heavy atom. The number of aryl methyl sites for hydroxylation is 2. The molecule has 2 aromatic carbocycles. The molecule has 12 nitrogen and oxygen atoms in total. The minimum Gasteiger partial charge on any atom is -0.479 e. The molecule has 0 bridgehead atoms. The minimum absolute atomic E-state index is 0.0840. The number of rotatable bonds is 17. The van der Waals surface area contributed by atoms with Gasteiger partial charge in [-0.3, -0.25) is 14.6 Å². The molecule has 2 aromatic heterocycles. The first-order valence-corrected chi connectivity index (χ1v) is 17.0. The molecule has 5 rings (SSSR count). The molecule has 0 saturated carbocycles. The van der Waals surface area contributed by atoms with Crippen molar-refractivity contribution in [3.63, 3.8) is 0 Å². The molecule has 48 heavy (non-hydrogen) atoms. The molecule has 12 heteroatoms. The molecule has 0 aliphatic carbocycles. The summed E-state index contributed by atoms with van der Waals surface area (Å²) in [6.45, 7) is 10.8. The van der Waals surface area contributed by atoms with E-state index in [-0.39, 0.29) is 5.91 Å². The number of carboxylic acids is 1. The van der Waals surface area contributed by atoms with Crippen LogP contribution in [0.4, 0.5) is 5.82 Å². The first-order chi connectivity index (χ1) is 23.3. The van der Waals surface area contributed by atoms with Gasteiger partial charge in [0.15, 0.2) is 11.9 Å². The fourth-order valence-corrected chi connectivity index (χ4v) is 6.21. The molecule has 1 fully saturated rings. The van der Waals surface area contributed by atoms with Crippen LogP contribution in [-0.4, -0.2) is 112 Å². The number of unbranched alkanes of at least 4 members (excludes halogenated alkanes) is 1. The number of nitrogens with zero attached hydrogens (tertiary/aromatic N) is 6. The van der Waals surface area contributed by atoms with Gasteiger partial charge in [-0.15, -0.1) is 0 Å². The normalized spacial score (nSPS) is 14.8. The fraction of sp³-hybridized carbons (Fsp3) is 0.500. The van der Waals surface area contributed by atoms with Crippen LogP contribution in [0.2, 0.25) is 0 Å². The molecule has 1 aliphatic heterocycles. The van der Waals surface area contributed by atoms with Crippen LogP contribution in [0, 0.1) is 0 Å². The van der Waals surface area contributed by atoms with Gasteiger partial charge in [0.05, 0.1) is 24.2 Å². The van der Waals surface area contributed by atoms with Gasteiger partial charge in [0.2, 0.25) is 5.91 Å². The van der Waals surface area contributed by atoms with Gasteiger partial charge in [-0.25, -0.2) is 14.8 Å². The van der Waals surface area contributed by atoms with Crippen LogP contribution in [0.1, 0.15) is 44.5 Å². The van der Waals surface area contributed by atoms with E-state index in [9.17, 15) is 14.7 Å². The minimum atomic E-state index is -1.02. The van der Waals surface area contributed by atoms with Gasteiger partial charge in [0, 0.05) is 71.3 Å². The van der Waals surface area contributed by atoms with Crippen molar-refractivity contribution in [3.8, 4) is 5.75 Å². The zero-order valence-electron chi connectivity index (χ0n) is 28.4. The number of methoxy groups -OCH3 is 1. The number of carboxylic acid groups (broad SMARTS) is 1. The topological polar surface area (TPSA) is 139 Å². The number of carbonyl (C=O) groups is 2. The zero-order chi connectivity index (χ0) is 34.0. The van der Waals surface area contributed by atoms with E-state index in [0.29, 0.717) is 44.4 Å². The number of aromatic nitrogens is 3. The number of fused-ring (bicyclic) bond motifs is 3. The molecular weight excluding hydrogens is 610 g/mol. The number of anilines is 1. The molecule has 1 unspecified atom stereocenters. The maximum Gasteiger partial charge on any atom is 0.344 e. The van der Waals surface area contributed by atoms with Crippen LogP contribution in [0.25, 0.3) is 21.9 Å². The number of carbonyl (C=O) groups excluding carboxylic acids is 1. The molecule has 4 aromatic rings. The van der Waals surface area contributed by atoms with E-state index >= 15 is 0 Å². The summed E-state index contributed by atoms with van der Waals surface area (Å²) in [4.78, 5) is 41.3. The summed E-state index contributed by atoms with van der Waals surface area (Å²) in [5.41, 5.74) is 9.94. The molecule has 1 aliphatic rings. The molecule has 0 radical (unpaired) electrons. The number of nitrogen functional groups attached to an aromatic ring is 1. The van der Waals surface area contributed by atoms with E-state index in [2.05, 4.69) is 32.3 Å². The Morgan fingerprint density at radius 3 is 2.44 bits per heavy atom. The van der Waals surface area contributed by atoms with Crippen molar-refractivity contribution < 1.29 is 24.2 Å². The highest BCUT2D eigenvalue weighted by atomic mass is 16.5. The van der Waals surface area contributed by atoms with Crippen LogP contribution in [0.3, 0.4) is 0 Å². The van der Waals surface area contributed by atoms with E-state index in [1.165, 1.54) is 6.92 Å². The molecular formula is C36H49N7O5. The number of benzene rings is 2. The summed E-state index contributed by atoms with van der Waals surface area (Å²) < 4.78 is 13.0. The number of pyridine rings is 1. The lowest BCUT2D eigenvalue weighted by molar-refractivity contribution is -0.144.